The summed E-state index contributed by atoms with van der Waals surface area (Å²) in [5, 5.41) is 2.83. The van der Waals surface area contributed by atoms with Gasteiger partial charge >= 0.3 is 6.18 Å². The lowest BCUT2D eigenvalue weighted by Crippen LogP contribution is -2.45. The smallest absolute Gasteiger partial charge is 0.416 e. The summed E-state index contributed by atoms with van der Waals surface area (Å²) in [6, 6.07) is 11.4. The molecule has 0 spiro atoms. The van der Waals surface area contributed by atoms with E-state index >= 15 is 0 Å². The fraction of sp³-hybridized carbons (Fsp3) is 0.360. The van der Waals surface area contributed by atoms with E-state index in [0.29, 0.717) is 44.3 Å². The van der Waals surface area contributed by atoms with Crippen LogP contribution in [0.3, 0.4) is 0 Å². The number of carbonyl (C=O) groups excluding carboxylic acids is 1. The van der Waals surface area contributed by atoms with Crippen LogP contribution in [-0.4, -0.2) is 46.9 Å². The lowest BCUT2D eigenvalue weighted by Gasteiger charge is -2.34. The van der Waals surface area contributed by atoms with Crippen LogP contribution in [0.15, 0.2) is 53.1 Å². The van der Waals surface area contributed by atoms with Crippen LogP contribution in [-0.2, 0) is 19.3 Å². The molecule has 1 fully saturated rings. The van der Waals surface area contributed by atoms with Crippen molar-refractivity contribution in [2.45, 2.75) is 33.1 Å². The maximum Gasteiger partial charge on any atom is 0.416 e. The number of piperazine rings is 1. The van der Waals surface area contributed by atoms with E-state index < -0.39 is 11.7 Å². The summed E-state index contributed by atoms with van der Waals surface area (Å²) >= 11 is 0. The van der Waals surface area contributed by atoms with Crippen molar-refractivity contribution in [3.63, 3.8) is 0 Å². The van der Waals surface area contributed by atoms with E-state index in [2.05, 4.69) is 15.2 Å². The number of nitrogens with one attached hydrogen (secondary N) is 1. The number of halogens is 3. The standard InChI is InChI=1S/C25H27F3N4O2/c1-17-7-8-20(13-18(17)2)29-24(33)22-16-34-23(30-22)15-32-11-9-31(10-12-32)14-19-5-3-4-6-21(19)25(26,27)28/h3-8,13,16H,9-12,14-15H2,1-2H3,(H,29,33). The van der Waals surface area contributed by atoms with Crippen molar-refractivity contribution in [2.75, 3.05) is 31.5 Å². The van der Waals surface area contributed by atoms with Crippen molar-refractivity contribution in [1.29, 1.82) is 0 Å². The molecule has 1 aliphatic heterocycles. The van der Waals surface area contributed by atoms with E-state index in [1.54, 1.807) is 6.07 Å². The molecule has 1 aromatic heterocycles. The maximum atomic E-state index is 13.2. The molecule has 0 aliphatic carbocycles. The van der Waals surface area contributed by atoms with E-state index in [9.17, 15) is 18.0 Å². The molecule has 1 N–H and O–H groups in total. The highest BCUT2D eigenvalue weighted by atomic mass is 19.4. The number of hydrogen-bond acceptors (Lipinski definition) is 5. The average molecular weight is 473 g/mol. The highest BCUT2D eigenvalue weighted by Crippen LogP contribution is 2.32. The topological polar surface area (TPSA) is 61.6 Å². The first kappa shape index (κ1) is 24.0. The van der Waals surface area contributed by atoms with E-state index in [-0.39, 0.29) is 23.7 Å². The molecule has 1 saturated heterocycles. The maximum absolute atomic E-state index is 13.2. The fourth-order valence-corrected chi connectivity index (χ4v) is 3.97. The fourth-order valence-electron chi connectivity index (χ4n) is 3.97. The number of aryl methyl sites for hydroxylation is 2. The number of amides is 1. The summed E-state index contributed by atoms with van der Waals surface area (Å²) < 4.78 is 45.2. The lowest BCUT2D eigenvalue weighted by molar-refractivity contribution is -0.138. The molecule has 4 rings (SSSR count). The number of carbonyl (C=O) groups is 1. The van der Waals surface area contributed by atoms with E-state index in [1.165, 1.54) is 18.4 Å². The number of hydrogen-bond donors (Lipinski definition) is 1. The minimum atomic E-state index is -4.36. The van der Waals surface area contributed by atoms with E-state index in [4.69, 9.17) is 4.42 Å². The van der Waals surface area contributed by atoms with Gasteiger partial charge in [-0.2, -0.15) is 13.2 Å². The molecule has 34 heavy (non-hydrogen) atoms. The molecule has 180 valence electrons. The van der Waals surface area contributed by atoms with Crippen LogP contribution < -0.4 is 5.32 Å². The lowest BCUT2D eigenvalue weighted by atomic mass is 10.1. The van der Waals surface area contributed by atoms with Crippen molar-refractivity contribution < 1.29 is 22.4 Å². The zero-order valence-electron chi connectivity index (χ0n) is 19.2. The minimum Gasteiger partial charge on any atom is -0.447 e. The summed E-state index contributed by atoms with van der Waals surface area (Å²) in [4.78, 5) is 20.9. The highest BCUT2D eigenvalue weighted by Gasteiger charge is 2.33. The molecule has 3 aromatic rings. The predicted octanol–water partition coefficient (Wildman–Crippen LogP) is 4.88. The first-order valence-electron chi connectivity index (χ1n) is 11.1. The Morgan fingerprint density at radius 1 is 1.00 bits per heavy atom. The van der Waals surface area contributed by atoms with Crippen LogP contribution in [0.2, 0.25) is 0 Å². The van der Waals surface area contributed by atoms with Crippen LogP contribution in [0.4, 0.5) is 18.9 Å². The Morgan fingerprint density at radius 3 is 2.35 bits per heavy atom. The zero-order valence-corrected chi connectivity index (χ0v) is 19.2. The predicted molar refractivity (Wildman–Crippen MR) is 122 cm³/mol. The van der Waals surface area contributed by atoms with Crippen LogP contribution in [0.25, 0.3) is 0 Å². The first-order chi connectivity index (χ1) is 16.2. The van der Waals surface area contributed by atoms with Gasteiger partial charge in [0.25, 0.3) is 5.91 Å². The van der Waals surface area contributed by atoms with Gasteiger partial charge in [-0.3, -0.25) is 14.6 Å². The van der Waals surface area contributed by atoms with Crippen LogP contribution in [0, 0.1) is 13.8 Å². The summed E-state index contributed by atoms with van der Waals surface area (Å²) in [6.07, 6.45) is -3.01. The molecule has 1 amide bonds. The number of nitrogens with zero attached hydrogens (tertiary/aromatic N) is 3. The number of aromatic nitrogens is 1. The third-order valence-electron chi connectivity index (χ3n) is 6.09. The molecular formula is C25H27F3N4O2. The zero-order chi connectivity index (χ0) is 24.3. The van der Waals surface area contributed by atoms with E-state index in [0.717, 1.165) is 17.2 Å². The van der Waals surface area contributed by atoms with Crippen molar-refractivity contribution in [3.8, 4) is 0 Å². The van der Waals surface area contributed by atoms with E-state index in [1.807, 2.05) is 36.9 Å². The van der Waals surface area contributed by atoms with Gasteiger partial charge in [0.2, 0.25) is 5.89 Å². The molecule has 0 atom stereocenters. The third kappa shape index (κ3) is 5.84. The number of oxazole rings is 1. The molecule has 2 heterocycles. The van der Waals surface area contributed by atoms with Gasteiger partial charge in [0, 0.05) is 38.4 Å². The van der Waals surface area contributed by atoms with Gasteiger partial charge in [-0.15, -0.1) is 0 Å². The van der Waals surface area contributed by atoms with Crippen molar-refractivity contribution in [3.05, 3.63) is 82.6 Å². The molecule has 6 nitrogen and oxygen atoms in total. The summed E-state index contributed by atoms with van der Waals surface area (Å²) in [5.74, 6) is 0.0903. The monoisotopic (exact) mass is 472 g/mol. The largest absolute Gasteiger partial charge is 0.447 e. The number of benzene rings is 2. The molecular weight excluding hydrogens is 445 g/mol. The van der Waals surface area contributed by atoms with Crippen LogP contribution >= 0.6 is 0 Å². The van der Waals surface area contributed by atoms with Gasteiger partial charge in [-0.25, -0.2) is 4.98 Å². The Balaban J connectivity index is 1.29. The summed E-state index contributed by atoms with van der Waals surface area (Å²) in [6.45, 7) is 7.27. The Hall–Kier alpha value is -3.17. The second-order valence-electron chi connectivity index (χ2n) is 8.59. The molecule has 0 bridgehead atoms. The highest BCUT2D eigenvalue weighted by molar-refractivity contribution is 6.02. The number of anilines is 1. The second-order valence-corrected chi connectivity index (χ2v) is 8.59. The number of rotatable bonds is 6. The van der Waals surface area contributed by atoms with Crippen molar-refractivity contribution in [1.82, 2.24) is 14.8 Å². The molecule has 0 saturated carbocycles. The third-order valence-corrected chi connectivity index (χ3v) is 6.09. The molecule has 9 heteroatoms. The summed E-state index contributed by atoms with van der Waals surface area (Å²) in [5.41, 5.74) is 2.84. The Morgan fingerprint density at radius 2 is 1.68 bits per heavy atom. The second kappa shape index (κ2) is 9.99. The van der Waals surface area contributed by atoms with Crippen LogP contribution in [0.1, 0.15) is 38.6 Å². The normalized spacial score (nSPS) is 15.4. The molecule has 2 aromatic carbocycles. The van der Waals surface area contributed by atoms with Crippen molar-refractivity contribution >= 4 is 11.6 Å². The van der Waals surface area contributed by atoms with Gasteiger partial charge in [0.05, 0.1) is 12.1 Å². The van der Waals surface area contributed by atoms with Gasteiger partial charge in [-0.05, 0) is 48.7 Å². The quantitative estimate of drug-likeness (QED) is 0.554. The van der Waals surface area contributed by atoms with Crippen LogP contribution in [0.5, 0.6) is 0 Å². The SMILES string of the molecule is Cc1ccc(NC(=O)c2coc(CN3CCN(Cc4ccccc4C(F)(F)F)CC3)n2)cc1C. The van der Waals surface area contributed by atoms with Gasteiger partial charge in [0.15, 0.2) is 5.69 Å². The molecule has 0 unspecified atom stereocenters. The van der Waals surface area contributed by atoms with Gasteiger partial charge in [0.1, 0.15) is 6.26 Å². The molecule has 0 radical (unpaired) electrons. The Kier molecular flexibility index (Phi) is 7.04. The Bertz CT molecular complexity index is 1150. The minimum absolute atomic E-state index is 0.204. The Labute approximate surface area is 196 Å². The van der Waals surface area contributed by atoms with Gasteiger partial charge < -0.3 is 9.73 Å². The number of alkyl halides is 3. The first-order valence-corrected chi connectivity index (χ1v) is 11.1. The average Bonchev–Trinajstić information content (AvgIpc) is 3.26. The summed E-state index contributed by atoms with van der Waals surface area (Å²) in [7, 11) is 0. The van der Waals surface area contributed by atoms with Crippen molar-refractivity contribution in [2.24, 2.45) is 0 Å². The van der Waals surface area contributed by atoms with Gasteiger partial charge in [-0.1, -0.05) is 24.3 Å². The molecule has 1 aliphatic rings.